The zero-order valence-electron chi connectivity index (χ0n) is 30.9. The number of unbranched alkanes of at least 4 members (excludes halogenated alkanes) is 14. The van der Waals surface area contributed by atoms with E-state index in [0.29, 0.717) is 43.9 Å². The molecule has 0 spiro atoms. The van der Waals surface area contributed by atoms with E-state index < -0.39 is 34.7 Å². The second-order valence-corrected chi connectivity index (χ2v) is 14.4. The molecule has 0 aromatic heterocycles. The van der Waals surface area contributed by atoms with Crippen molar-refractivity contribution in [1.29, 1.82) is 0 Å². The molecular weight excluding hydrogens is 596 g/mol. The van der Waals surface area contributed by atoms with Crippen LogP contribution in [0.15, 0.2) is 0 Å². The molecule has 0 aliphatic carbocycles. The first-order chi connectivity index (χ1) is 22.4. The third kappa shape index (κ3) is 14.9. The predicted octanol–water partition coefficient (Wildman–Crippen LogP) is 11.1. The Bertz CT molecular complexity index is 842. The summed E-state index contributed by atoms with van der Waals surface area (Å²) in [6.07, 6.45) is 20.9. The molecule has 1 atom stereocenters. The molecule has 0 saturated heterocycles. The summed E-state index contributed by atoms with van der Waals surface area (Å²) in [4.78, 5) is 48.5. The van der Waals surface area contributed by atoms with Crippen molar-refractivity contribution in [2.24, 2.45) is 22.2 Å². The number of hydrogen-bond acceptors (Lipinski definition) is 4. The summed E-state index contributed by atoms with van der Waals surface area (Å²) in [6, 6.07) is 0. The Balaban J connectivity index is 4.72. The Kier molecular flexibility index (Phi) is 23.8. The SMILES string of the molecule is CCCCCCCCCC(CCCCCCC(CCCCCCCCC(CC)C(CC)(CC)CC)(C(=O)O)C(=O)O)(C(=O)O)C(=O)O. The van der Waals surface area contributed by atoms with Gasteiger partial charge in [-0.05, 0) is 43.4 Å². The highest BCUT2D eigenvalue weighted by atomic mass is 16.4. The molecule has 0 bridgehead atoms. The van der Waals surface area contributed by atoms with Crippen molar-refractivity contribution in [2.75, 3.05) is 0 Å². The van der Waals surface area contributed by atoms with Crippen LogP contribution in [0.4, 0.5) is 0 Å². The minimum absolute atomic E-state index is 0.0190. The normalized spacial score (nSPS) is 13.0. The van der Waals surface area contributed by atoms with Crippen molar-refractivity contribution in [2.45, 2.75) is 202 Å². The van der Waals surface area contributed by atoms with Crippen LogP contribution in [-0.4, -0.2) is 44.3 Å². The van der Waals surface area contributed by atoms with Crippen molar-refractivity contribution < 1.29 is 39.6 Å². The maximum atomic E-state index is 12.2. The quantitative estimate of drug-likeness (QED) is 0.0398. The third-order valence-corrected chi connectivity index (χ3v) is 11.7. The number of carboxylic acids is 4. The molecule has 47 heavy (non-hydrogen) atoms. The molecule has 276 valence electrons. The first-order valence-corrected chi connectivity index (χ1v) is 19.3. The van der Waals surface area contributed by atoms with Gasteiger partial charge in [0.1, 0.15) is 0 Å². The van der Waals surface area contributed by atoms with Gasteiger partial charge in [-0.2, -0.15) is 0 Å². The fraction of sp³-hybridized carbons (Fsp3) is 0.897. The fourth-order valence-corrected chi connectivity index (χ4v) is 7.96. The molecule has 8 heteroatoms. The van der Waals surface area contributed by atoms with Gasteiger partial charge in [-0.3, -0.25) is 19.2 Å². The van der Waals surface area contributed by atoms with Gasteiger partial charge in [-0.15, -0.1) is 0 Å². The number of rotatable bonds is 33. The minimum atomic E-state index is -1.82. The van der Waals surface area contributed by atoms with Gasteiger partial charge >= 0.3 is 23.9 Å². The second kappa shape index (κ2) is 24.9. The zero-order chi connectivity index (χ0) is 35.8. The summed E-state index contributed by atoms with van der Waals surface area (Å²) in [7, 11) is 0. The lowest BCUT2D eigenvalue weighted by atomic mass is 9.66. The van der Waals surface area contributed by atoms with Crippen LogP contribution in [-0.2, 0) is 19.2 Å². The maximum Gasteiger partial charge on any atom is 0.321 e. The van der Waals surface area contributed by atoms with E-state index in [0.717, 1.165) is 63.7 Å². The van der Waals surface area contributed by atoms with Crippen LogP contribution in [0.25, 0.3) is 0 Å². The van der Waals surface area contributed by atoms with Crippen molar-refractivity contribution in [3.63, 3.8) is 0 Å². The first kappa shape index (κ1) is 44.9. The first-order valence-electron chi connectivity index (χ1n) is 19.3. The lowest BCUT2D eigenvalue weighted by Gasteiger charge is -2.39. The van der Waals surface area contributed by atoms with E-state index in [-0.39, 0.29) is 25.7 Å². The number of aliphatic carboxylic acids is 4. The van der Waals surface area contributed by atoms with Gasteiger partial charge in [0.05, 0.1) is 0 Å². The van der Waals surface area contributed by atoms with E-state index >= 15 is 0 Å². The van der Waals surface area contributed by atoms with E-state index in [1.54, 1.807) is 0 Å². The molecular formula is C39H72O8. The van der Waals surface area contributed by atoms with Crippen LogP contribution in [0.1, 0.15) is 202 Å². The van der Waals surface area contributed by atoms with E-state index in [2.05, 4.69) is 34.6 Å². The van der Waals surface area contributed by atoms with Crippen molar-refractivity contribution >= 4 is 23.9 Å². The summed E-state index contributed by atoms with van der Waals surface area (Å²) in [6.45, 7) is 11.4. The van der Waals surface area contributed by atoms with Gasteiger partial charge in [0.25, 0.3) is 0 Å². The highest BCUT2D eigenvalue weighted by Gasteiger charge is 2.46. The molecule has 0 saturated carbocycles. The second-order valence-electron chi connectivity index (χ2n) is 14.4. The lowest BCUT2D eigenvalue weighted by molar-refractivity contribution is -0.168. The van der Waals surface area contributed by atoms with Gasteiger partial charge in [-0.1, -0.05) is 169 Å². The summed E-state index contributed by atoms with van der Waals surface area (Å²) >= 11 is 0. The van der Waals surface area contributed by atoms with E-state index in [4.69, 9.17) is 0 Å². The molecule has 0 amide bonds. The van der Waals surface area contributed by atoms with Gasteiger partial charge in [0, 0.05) is 0 Å². The highest BCUT2D eigenvalue weighted by Crippen LogP contribution is 2.43. The standard InChI is InChI=1S/C39H72O8/c1-6-11-12-13-15-18-23-28-38(33(40)41,34(42)43)30-25-20-21-26-31-39(35(44)45,36(46)47)29-24-19-16-14-17-22-27-32(7-2)37(8-3,9-4)10-5/h32H,6-31H2,1-5H3,(H,40,41)(H,42,43)(H,44,45)(H,46,47). The summed E-state index contributed by atoms with van der Waals surface area (Å²) < 4.78 is 0. The number of hydrogen-bond donors (Lipinski definition) is 4. The van der Waals surface area contributed by atoms with Crippen molar-refractivity contribution in [3.8, 4) is 0 Å². The average molecular weight is 669 g/mol. The Morgan fingerprint density at radius 3 is 0.957 bits per heavy atom. The maximum absolute atomic E-state index is 12.2. The van der Waals surface area contributed by atoms with Gasteiger partial charge < -0.3 is 20.4 Å². The number of carboxylic acid groups (broad SMARTS) is 4. The summed E-state index contributed by atoms with van der Waals surface area (Å²) in [5.41, 5.74) is -3.18. The van der Waals surface area contributed by atoms with Crippen LogP contribution in [0, 0.1) is 22.2 Å². The Labute approximate surface area is 286 Å². The third-order valence-electron chi connectivity index (χ3n) is 11.7. The monoisotopic (exact) mass is 669 g/mol. The van der Waals surface area contributed by atoms with Gasteiger partial charge in [-0.25, -0.2) is 0 Å². The molecule has 0 fully saturated rings. The van der Waals surface area contributed by atoms with E-state index in [1.165, 1.54) is 44.9 Å². The van der Waals surface area contributed by atoms with Gasteiger partial charge in [0.15, 0.2) is 10.8 Å². The lowest BCUT2D eigenvalue weighted by Crippen LogP contribution is -2.39. The summed E-state index contributed by atoms with van der Waals surface area (Å²) in [5.74, 6) is -4.45. The Morgan fingerprint density at radius 2 is 0.702 bits per heavy atom. The van der Waals surface area contributed by atoms with Crippen LogP contribution in [0.3, 0.4) is 0 Å². The zero-order valence-corrected chi connectivity index (χ0v) is 30.9. The van der Waals surface area contributed by atoms with Crippen LogP contribution in [0.2, 0.25) is 0 Å². The largest absolute Gasteiger partial charge is 0.480 e. The van der Waals surface area contributed by atoms with Crippen LogP contribution in [0.5, 0.6) is 0 Å². The smallest absolute Gasteiger partial charge is 0.321 e. The average Bonchev–Trinajstić information content (AvgIpc) is 3.04. The molecule has 0 aromatic rings. The van der Waals surface area contributed by atoms with Crippen LogP contribution < -0.4 is 0 Å². The van der Waals surface area contributed by atoms with E-state index in [9.17, 15) is 39.6 Å². The molecule has 4 N–H and O–H groups in total. The van der Waals surface area contributed by atoms with Crippen LogP contribution >= 0.6 is 0 Å². The molecule has 0 aliphatic rings. The highest BCUT2D eigenvalue weighted by molar-refractivity contribution is 5.98. The molecule has 0 heterocycles. The van der Waals surface area contributed by atoms with Gasteiger partial charge in [0.2, 0.25) is 0 Å². The summed E-state index contributed by atoms with van der Waals surface area (Å²) in [5, 5.41) is 39.6. The Morgan fingerprint density at radius 1 is 0.426 bits per heavy atom. The molecule has 0 radical (unpaired) electrons. The molecule has 0 rings (SSSR count). The molecule has 0 aliphatic heterocycles. The Hall–Kier alpha value is -2.12. The van der Waals surface area contributed by atoms with Crippen molar-refractivity contribution in [3.05, 3.63) is 0 Å². The number of carbonyl (C=O) groups is 4. The van der Waals surface area contributed by atoms with E-state index in [1.807, 2.05) is 0 Å². The fourth-order valence-electron chi connectivity index (χ4n) is 7.96. The predicted molar refractivity (Wildman–Crippen MR) is 190 cm³/mol. The van der Waals surface area contributed by atoms with Crippen molar-refractivity contribution in [1.82, 2.24) is 0 Å². The minimum Gasteiger partial charge on any atom is -0.480 e. The molecule has 1 unspecified atom stereocenters. The topological polar surface area (TPSA) is 149 Å². The molecule has 8 nitrogen and oxygen atoms in total. The molecule has 0 aromatic carbocycles.